The molecule has 0 saturated heterocycles. The SMILES string of the molecule is CCCCCCC(C)OCCCC(C)=O. The average Bonchev–Trinajstić information content (AvgIpc) is 2.19. The summed E-state index contributed by atoms with van der Waals surface area (Å²) in [4.78, 5) is 10.7. The van der Waals surface area contributed by atoms with E-state index >= 15 is 0 Å². The van der Waals surface area contributed by atoms with Crippen molar-refractivity contribution in [2.75, 3.05) is 6.61 Å². The minimum absolute atomic E-state index is 0.259. The maximum Gasteiger partial charge on any atom is 0.129 e. The van der Waals surface area contributed by atoms with Crippen molar-refractivity contribution in [3.05, 3.63) is 0 Å². The van der Waals surface area contributed by atoms with Crippen LogP contribution in [-0.2, 0) is 9.53 Å². The fourth-order valence-electron chi connectivity index (χ4n) is 1.55. The first-order chi connectivity index (χ1) is 7.16. The molecule has 0 radical (unpaired) electrons. The lowest BCUT2D eigenvalue weighted by molar-refractivity contribution is -0.117. The Morgan fingerprint density at radius 3 is 2.53 bits per heavy atom. The van der Waals surface area contributed by atoms with Gasteiger partial charge in [0, 0.05) is 13.0 Å². The van der Waals surface area contributed by atoms with E-state index in [1.807, 2.05) is 0 Å². The fraction of sp³-hybridized carbons (Fsp3) is 0.923. The first kappa shape index (κ1) is 14.6. The molecule has 0 N–H and O–H groups in total. The molecule has 0 heterocycles. The van der Waals surface area contributed by atoms with Gasteiger partial charge in [-0.1, -0.05) is 32.6 Å². The average molecular weight is 214 g/mol. The Morgan fingerprint density at radius 1 is 1.20 bits per heavy atom. The molecule has 0 aliphatic heterocycles. The molecule has 1 unspecified atom stereocenters. The minimum atomic E-state index is 0.259. The van der Waals surface area contributed by atoms with E-state index in [1.54, 1.807) is 6.92 Å². The quantitative estimate of drug-likeness (QED) is 0.518. The Kier molecular flexibility index (Phi) is 9.91. The maximum absolute atomic E-state index is 10.7. The van der Waals surface area contributed by atoms with Crippen LogP contribution in [0.2, 0.25) is 0 Å². The predicted molar refractivity (Wildman–Crippen MR) is 64.1 cm³/mol. The van der Waals surface area contributed by atoms with Crippen LogP contribution in [0.1, 0.15) is 65.7 Å². The van der Waals surface area contributed by atoms with Crippen molar-refractivity contribution in [2.45, 2.75) is 71.8 Å². The molecule has 0 amide bonds. The summed E-state index contributed by atoms with van der Waals surface area (Å²) in [5, 5.41) is 0. The largest absolute Gasteiger partial charge is 0.378 e. The number of unbranched alkanes of at least 4 members (excludes halogenated alkanes) is 3. The summed E-state index contributed by atoms with van der Waals surface area (Å²) < 4.78 is 5.62. The second-order valence-electron chi connectivity index (χ2n) is 4.34. The van der Waals surface area contributed by atoms with E-state index in [0.29, 0.717) is 12.5 Å². The molecule has 0 spiro atoms. The molecule has 2 heteroatoms. The van der Waals surface area contributed by atoms with E-state index in [1.165, 1.54) is 25.7 Å². The lowest BCUT2D eigenvalue weighted by Crippen LogP contribution is -2.09. The van der Waals surface area contributed by atoms with Gasteiger partial charge >= 0.3 is 0 Å². The highest BCUT2D eigenvalue weighted by molar-refractivity contribution is 5.75. The number of ether oxygens (including phenoxy) is 1. The standard InChI is InChI=1S/C13H26O2/c1-4-5-6-7-10-13(3)15-11-8-9-12(2)14/h13H,4-11H2,1-3H3. The van der Waals surface area contributed by atoms with Gasteiger partial charge in [0.05, 0.1) is 6.10 Å². The molecule has 90 valence electrons. The zero-order valence-corrected chi connectivity index (χ0v) is 10.6. The summed E-state index contributed by atoms with van der Waals surface area (Å²) in [6.45, 7) is 6.71. The van der Waals surface area contributed by atoms with Crippen LogP contribution in [0.4, 0.5) is 0 Å². The Hall–Kier alpha value is -0.370. The lowest BCUT2D eigenvalue weighted by atomic mass is 10.1. The lowest BCUT2D eigenvalue weighted by Gasteiger charge is -2.12. The van der Waals surface area contributed by atoms with Crippen molar-refractivity contribution < 1.29 is 9.53 Å². The highest BCUT2D eigenvalue weighted by Gasteiger charge is 2.02. The summed E-state index contributed by atoms with van der Waals surface area (Å²) >= 11 is 0. The summed E-state index contributed by atoms with van der Waals surface area (Å²) in [6.07, 6.45) is 8.23. The van der Waals surface area contributed by atoms with Gasteiger partial charge in [-0.05, 0) is 26.7 Å². The molecule has 0 rings (SSSR count). The van der Waals surface area contributed by atoms with Gasteiger partial charge in [-0.15, -0.1) is 0 Å². The molecule has 0 bridgehead atoms. The van der Waals surface area contributed by atoms with Crippen LogP contribution in [-0.4, -0.2) is 18.5 Å². The number of rotatable bonds is 10. The molecular formula is C13H26O2. The summed E-state index contributed by atoms with van der Waals surface area (Å²) in [5.41, 5.74) is 0. The highest BCUT2D eigenvalue weighted by Crippen LogP contribution is 2.08. The van der Waals surface area contributed by atoms with Crippen LogP contribution >= 0.6 is 0 Å². The zero-order valence-electron chi connectivity index (χ0n) is 10.6. The first-order valence-electron chi connectivity index (χ1n) is 6.27. The van der Waals surface area contributed by atoms with Crippen molar-refractivity contribution >= 4 is 5.78 Å². The van der Waals surface area contributed by atoms with Crippen molar-refractivity contribution in [1.29, 1.82) is 0 Å². The smallest absolute Gasteiger partial charge is 0.129 e. The highest BCUT2D eigenvalue weighted by atomic mass is 16.5. The van der Waals surface area contributed by atoms with Gasteiger partial charge in [0.15, 0.2) is 0 Å². The number of ketones is 1. The number of carbonyl (C=O) groups excluding carboxylic acids is 1. The van der Waals surface area contributed by atoms with Crippen LogP contribution in [0.25, 0.3) is 0 Å². The Labute approximate surface area is 94.4 Å². The summed E-state index contributed by atoms with van der Waals surface area (Å²) in [6, 6.07) is 0. The summed E-state index contributed by atoms with van der Waals surface area (Å²) in [7, 11) is 0. The van der Waals surface area contributed by atoms with E-state index < -0.39 is 0 Å². The molecule has 0 saturated carbocycles. The van der Waals surface area contributed by atoms with Crippen molar-refractivity contribution in [2.24, 2.45) is 0 Å². The molecule has 0 aromatic rings. The first-order valence-corrected chi connectivity index (χ1v) is 6.27. The van der Waals surface area contributed by atoms with Crippen molar-refractivity contribution in [1.82, 2.24) is 0 Å². The van der Waals surface area contributed by atoms with Crippen LogP contribution in [0.15, 0.2) is 0 Å². The van der Waals surface area contributed by atoms with Gasteiger partial charge in [0.2, 0.25) is 0 Å². The van der Waals surface area contributed by atoms with Gasteiger partial charge < -0.3 is 9.53 Å². The Morgan fingerprint density at radius 2 is 1.93 bits per heavy atom. The predicted octanol–water partition coefficient (Wildman–Crippen LogP) is 3.73. The van der Waals surface area contributed by atoms with Gasteiger partial charge in [0.1, 0.15) is 5.78 Å². The van der Waals surface area contributed by atoms with Gasteiger partial charge in [0.25, 0.3) is 0 Å². The van der Waals surface area contributed by atoms with E-state index in [-0.39, 0.29) is 5.78 Å². The Bertz CT molecular complexity index is 155. The molecule has 0 aromatic carbocycles. The van der Waals surface area contributed by atoms with Crippen LogP contribution in [0.5, 0.6) is 0 Å². The van der Waals surface area contributed by atoms with E-state index in [4.69, 9.17) is 4.74 Å². The molecule has 0 fully saturated rings. The third-order valence-electron chi connectivity index (χ3n) is 2.54. The second-order valence-corrected chi connectivity index (χ2v) is 4.34. The van der Waals surface area contributed by atoms with Gasteiger partial charge in [-0.25, -0.2) is 0 Å². The van der Waals surface area contributed by atoms with Crippen LogP contribution < -0.4 is 0 Å². The number of hydrogen-bond donors (Lipinski definition) is 0. The van der Waals surface area contributed by atoms with Crippen molar-refractivity contribution in [3.63, 3.8) is 0 Å². The second kappa shape index (κ2) is 10.2. The van der Waals surface area contributed by atoms with Crippen LogP contribution in [0, 0.1) is 0 Å². The van der Waals surface area contributed by atoms with Gasteiger partial charge in [-0.2, -0.15) is 0 Å². The minimum Gasteiger partial charge on any atom is -0.378 e. The molecular weight excluding hydrogens is 188 g/mol. The van der Waals surface area contributed by atoms with E-state index in [0.717, 1.165) is 19.4 Å². The van der Waals surface area contributed by atoms with E-state index in [9.17, 15) is 4.79 Å². The Balaban J connectivity index is 3.18. The van der Waals surface area contributed by atoms with Gasteiger partial charge in [-0.3, -0.25) is 0 Å². The number of carbonyl (C=O) groups is 1. The summed E-state index contributed by atoms with van der Waals surface area (Å²) in [5.74, 6) is 0.259. The number of Topliss-reactive ketones (excluding diaryl/α,β-unsaturated/α-hetero) is 1. The van der Waals surface area contributed by atoms with Crippen LogP contribution in [0.3, 0.4) is 0 Å². The van der Waals surface area contributed by atoms with Crippen molar-refractivity contribution in [3.8, 4) is 0 Å². The monoisotopic (exact) mass is 214 g/mol. The van der Waals surface area contributed by atoms with E-state index in [2.05, 4.69) is 13.8 Å². The molecule has 2 nitrogen and oxygen atoms in total. The molecule has 0 aliphatic carbocycles. The normalized spacial score (nSPS) is 12.7. The molecule has 15 heavy (non-hydrogen) atoms. The third-order valence-corrected chi connectivity index (χ3v) is 2.54. The molecule has 0 aromatic heterocycles. The molecule has 0 aliphatic rings. The molecule has 1 atom stereocenters. The third kappa shape index (κ3) is 11.6. The maximum atomic E-state index is 10.7. The topological polar surface area (TPSA) is 26.3 Å². The fourth-order valence-corrected chi connectivity index (χ4v) is 1.55. The number of hydrogen-bond acceptors (Lipinski definition) is 2. The zero-order chi connectivity index (χ0) is 11.5.